The average Bonchev–Trinajstić information content (AvgIpc) is 3.23. The lowest BCUT2D eigenvalue weighted by atomic mass is 9.63. The highest BCUT2D eigenvalue weighted by molar-refractivity contribution is 9.10. The van der Waals surface area contributed by atoms with Gasteiger partial charge in [0.1, 0.15) is 0 Å². The Morgan fingerprint density at radius 3 is 1.83 bits per heavy atom. The van der Waals surface area contributed by atoms with Crippen LogP contribution in [0.3, 0.4) is 0 Å². The van der Waals surface area contributed by atoms with E-state index in [0.717, 1.165) is 8.95 Å². The van der Waals surface area contributed by atoms with Gasteiger partial charge in [-0.2, -0.15) is 0 Å². The van der Waals surface area contributed by atoms with Crippen LogP contribution in [0.25, 0.3) is 16.7 Å². The van der Waals surface area contributed by atoms with Crippen molar-refractivity contribution < 1.29 is 0 Å². The first-order valence-corrected chi connectivity index (χ1v) is 14.6. The number of benzene rings is 3. The molecule has 0 aliphatic heterocycles. The van der Waals surface area contributed by atoms with Crippen LogP contribution in [0.2, 0.25) is 0 Å². The van der Waals surface area contributed by atoms with E-state index >= 15 is 0 Å². The summed E-state index contributed by atoms with van der Waals surface area (Å²) in [4.78, 5) is 0. The molecular formula is C34H32Br2. The fourth-order valence-electron chi connectivity index (χ4n) is 8.17. The van der Waals surface area contributed by atoms with E-state index in [2.05, 4.69) is 141 Å². The van der Waals surface area contributed by atoms with Gasteiger partial charge in [0.25, 0.3) is 0 Å². The lowest BCUT2D eigenvalue weighted by Crippen LogP contribution is -2.36. The van der Waals surface area contributed by atoms with Gasteiger partial charge in [-0.1, -0.05) is 111 Å². The van der Waals surface area contributed by atoms with E-state index in [1.54, 1.807) is 0 Å². The summed E-state index contributed by atoms with van der Waals surface area (Å²) in [5, 5.41) is 0. The van der Waals surface area contributed by atoms with Crippen LogP contribution in [0, 0.1) is 5.92 Å². The Balaban J connectivity index is 1.49. The fraction of sp³-hybridized carbons (Fsp3) is 0.353. The summed E-state index contributed by atoms with van der Waals surface area (Å²) >= 11 is 7.45. The first kappa shape index (κ1) is 23.2. The van der Waals surface area contributed by atoms with Crippen molar-refractivity contribution >= 4 is 37.4 Å². The molecule has 0 heterocycles. The molecule has 0 saturated carbocycles. The van der Waals surface area contributed by atoms with Gasteiger partial charge in [-0.05, 0) is 97.3 Å². The van der Waals surface area contributed by atoms with Crippen LogP contribution in [0.5, 0.6) is 0 Å². The minimum Gasteiger partial charge on any atom is -0.0712 e. The van der Waals surface area contributed by atoms with Crippen LogP contribution in [0.1, 0.15) is 81.8 Å². The van der Waals surface area contributed by atoms with E-state index in [0.29, 0.717) is 5.92 Å². The van der Waals surface area contributed by atoms with E-state index in [9.17, 15) is 0 Å². The smallest absolute Gasteiger partial charge is 0.0184 e. The summed E-state index contributed by atoms with van der Waals surface area (Å²) in [5.74, 6) is 0.416. The number of allylic oxidation sites excluding steroid dienone is 4. The van der Waals surface area contributed by atoms with Crippen molar-refractivity contribution in [2.75, 3.05) is 0 Å². The summed E-state index contributed by atoms with van der Waals surface area (Å²) in [6.45, 7) is 17.0. The molecule has 0 saturated heterocycles. The van der Waals surface area contributed by atoms with E-state index < -0.39 is 0 Å². The zero-order chi connectivity index (χ0) is 25.6. The largest absolute Gasteiger partial charge is 0.0712 e. The highest BCUT2D eigenvalue weighted by Gasteiger charge is 2.56. The molecule has 0 amide bonds. The van der Waals surface area contributed by atoms with E-state index in [-0.39, 0.29) is 21.7 Å². The van der Waals surface area contributed by atoms with Crippen molar-refractivity contribution in [2.24, 2.45) is 5.92 Å². The van der Waals surface area contributed by atoms with Crippen molar-refractivity contribution in [3.05, 3.63) is 109 Å². The number of fused-ring (bicyclic) bond motifs is 9. The molecule has 2 unspecified atom stereocenters. The van der Waals surface area contributed by atoms with Crippen molar-refractivity contribution in [3.63, 3.8) is 0 Å². The van der Waals surface area contributed by atoms with Crippen LogP contribution in [0.4, 0.5) is 0 Å². The maximum absolute atomic E-state index is 3.73. The standard InChI is InChI=1S/C34H32Br2/c1-31(2)24-12-18(35)8-10-20(24)22-14-27-28(16-26(22)31)34(7)17-29-23(15-30(34)33(27,5)6)21-11-9-19(36)13-25(21)32(29,3)4/h8-17,30H,1-7H3. The molecule has 0 aromatic heterocycles. The third-order valence-electron chi connectivity index (χ3n) is 10.2. The molecule has 2 heteroatoms. The molecule has 4 aliphatic rings. The van der Waals surface area contributed by atoms with E-state index in [4.69, 9.17) is 0 Å². The van der Waals surface area contributed by atoms with Crippen LogP contribution in [-0.4, -0.2) is 0 Å². The predicted octanol–water partition coefficient (Wildman–Crippen LogP) is 10.00. The molecule has 2 atom stereocenters. The maximum Gasteiger partial charge on any atom is 0.0184 e. The van der Waals surface area contributed by atoms with Crippen molar-refractivity contribution in [3.8, 4) is 11.1 Å². The van der Waals surface area contributed by atoms with Gasteiger partial charge in [-0.3, -0.25) is 0 Å². The minimum atomic E-state index is -0.0331. The third kappa shape index (κ3) is 2.61. The molecule has 3 aromatic rings. The Labute approximate surface area is 232 Å². The van der Waals surface area contributed by atoms with Crippen LogP contribution in [0.15, 0.2) is 75.2 Å². The molecule has 0 nitrogen and oxygen atoms in total. The molecule has 3 aromatic carbocycles. The fourth-order valence-corrected chi connectivity index (χ4v) is 8.89. The summed E-state index contributed by atoms with van der Waals surface area (Å²) in [6, 6.07) is 18.8. The molecule has 0 bridgehead atoms. The Bertz CT molecular complexity index is 1590. The van der Waals surface area contributed by atoms with Gasteiger partial charge in [0, 0.05) is 25.2 Å². The Morgan fingerprint density at radius 1 is 0.583 bits per heavy atom. The Morgan fingerprint density at radius 2 is 1.17 bits per heavy atom. The van der Waals surface area contributed by atoms with Gasteiger partial charge in [-0.25, -0.2) is 0 Å². The third-order valence-corrected chi connectivity index (χ3v) is 11.1. The second-order valence-electron chi connectivity index (χ2n) is 13.2. The molecule has 0 spiro atoms. The Kier molecular flexibility index (Phi) is 4.35. The maximum atomic E-state index is 3.73. The zero-order valence-electron chi connectivity index (χ0n) is 22.1. The van der Waals surface area contributed by atoms with Crippen LogP contribution in [-0.2, 0) is 21.7 Å². The zero-order valence-corrected chi connectivity index (χ0v) is 25.3. The van der Waals surface area contributed by atoms with Crippen molar-refractivity contribution in [1.82, 2.24) is 0 Å². The topological polar surface area (TPSA) is 0 Å². The van der Waals surface area contributed by atoms with Gasteiger partial charge >= 0.3 is 0 Å². The van der Waals surface area contributed by atoms with E-state index in [1.165, 1.54) is 55.7 Å². The van der Waals surface area contributed by atoms with Crippen molar-refractivity contribution in [2.45, 2.75) is 70.1 Å². The molecule has 0 radical (unpaired) electrons. The normalized spacial score (nSPS) is 26.8. The first-order chi connectivity index (χ1) is 16.8. The Hall–Kier alpha value is -1.90. The summed E-state index contributed by atoms with van der Waals surface area (Å²) in [7, 11) is 0. The lowest BCUT2D eigenvalue weighted by Gasteiger charge is -2.40. The molecule has 0 N–H and O–H groups in total. The monoisotopic (exact) mass is 598 g/mol. The molecule has 7 rings (SSSR count). The summed E-state index contributed by atoms with van der Waals surface area (Å²) < 4.78 is 2.32. The van der Waals surface area contributed by atoms with Gasteiger partial charge < -0.3 is 0 Å². The SMILES string of the molecule is CC1(C)C2=CC3(C)c4cc5c(cc4C(C)(C)C3C=C2c2ccc(Br)cc21)-c1ccc(Br)cc1C5(C)C. The molecule has 0 fully saturated rings. The highest BCUT2D eigenvalue weighted by Crippen LogP contribution is 2.64. The predicted molar refractivity (Wildman–Crippen MR) is 159 cm³/mol. The molecule has 4 aliphatic carbocycles. The van der Waals surface area contributed by atoms with E-state index in [1.807, 2.05) is 0 Å². The quantitative estimate of drug-likeness (QED) is 0.241. The summed E-state index contributed by atoms with van der Waals surface area (Å²) in [6.07, 6.45) is 5.30. The van der Waals surface area contributed by atoms with Crippen LogP contribution >= 0.6 is 31.9 Å². The number of hydrogen-bond donors (Lipinski definition) is 0. The second-order valence-corrected chi connectivity index (χ2v) is 15.0. The number of hydrogen-bond acceptors (Lipinski definition) is 0. The highest BCUT2D eigenvalue weighted by atomic mass is 79.9. The van der Waals surface area contributed by atoms with Gasteiger partial charge in [0.15, 0.2) is 0 Å². The average molecular weight is 600 g/mol. The lowest BCUT2D eigenvalue weighted by molar-refractivity contribution is 0.322. The van der Waals surface area contributed by atoms with Gasteiger partial charge in [0.05, 0.1) is 0 Å². The molecule has 182 valence electrons. The summed E-state index contributed by atoms with van der Waals surface area (Å²) in [5.41, 5.74) is 14.5. The second kappa shape index (κ2) is 6.75. The number of halogens is 2. The number of rotatable bonds is 0. The van der Waals surface area contributed by atoms with Gasteiger partial charge in [0.2, 0.25) is 0 Å². The molecular weight excluding hydrogens is 568 g/mol. The van der Waals surface area contributed by atoms with Gasteiger partial charge in [-0.15, -0.1) is 0 Å². The van der Waals surface area contributed by atoms with Crippen molar-refractivity contribution in [1.29, 1.82) is 0 Å². The molecule has 36 heavy (non-hydrogen) atoms. The minimum absolute atomic E-state index is 0.00959. The van der Waals surface area contributed by atoms with Crippen LogP contribution < -0.4 is 0 Å². The first-order valence-electron chi connectivity index (χ1n) is 13.0.